The third kappa shape index (κ3) is 4.39. The number of hydrogen-bond donors (Lipinski definition) is 0. The summed E-state index contributed by atoms with van der Waals surface area (Å²) in [4.78, 5) is 19.9. The minimum absolute atomic E-state index is 0.215. The summed E-state index contributed by atoms with van der Waals surface area (Å²) >= 11 is 0. The predicted octanol–water partition coefficient (Wildman–Crippen LogP) is 1.75. The van der Waals surface area contributed by atoms with Gasteiger partial charge in [-0.2, -0.15) is 0 Å². The summed E-state index contributed by atoms with van der Waals surface area (Å²) in [7, 11) is 0. The maximum absolute atomic E-state index is 12.8. The maximum Gasteiger partial charge on any atom is 0.227 e. The van der Waals surface area contributed by atoms with Crippen LogP contribution >= 0.6 is 0 Å². The van der Waals surface area contributed by atoms with Crippen molar-refractivity contribution in [3.63, 3.8) is 0 Å². The standard InChI is InChI=1S/C19H32N4O/c1-17(2)23-9-5-6-18(16-23)19(24)22-14-12-21(13-15-22)11-10-20-7-3-4-8-20/h3-4,7-8,17-18H,5-6,9-16H2,1-2H3. The first-order valence-corrected chi connectivity index (χ1v) is 9.49. The number of nitrogens with zero attached hydrogens (tertiary/aromatic N) is 4. The molecule has 5 heteroatoms. The van der Waals surface area contributed by atoms with Crippen LogP contribution in [0.4, 0.5) is 0 Å². The van der Waals surface area contributed by atoms with Crippen molar-refractivity contribution < 1.29 is 4.79 Å². The number of likely N-dealkylation sites (tertiary alicyclic amines) is 1. The normalized spacial score (nSPS) is 23.8. The second-order valence-electron chi connectivity index (χ2n) is 7.52. The Hall–Kier alpha value is -1.33. The van der Waals surface area contributed by atoms with Crippen LogP contribution in [0.1, 0.15) is 26.7 Å². The quantitative estimate of drug-likeness (QED) is 0.823. The monoisotopic (exact) mass is 332 g/mol. The van der Waals surface area contributed by atoms with E-state index in [1.807, 2.05) is 0 Å². The van der Waals surface area contributed by atoms with Gasteiger partial charge in [-0.1, -0.05) is 0 Å². The zero-order valence-corrected chi connectivity index (χ0v) is 15.2. The average molecular weight is 332 g/mol. The van der Waals surface area contributed by atoms with Crippen LogP contribution in [0, 0.1) is 5.92 Å². The van der Waals surface area contributed by atoms with Gasteiger partial charge in [0.15, 0.2) is 0 Å². The molecule has 2 aliphatic heterocycles. The predicted molar refractivity (Wildman–Crippen MR) is 96.9 cm³/mol. The number of hydrogen-bond acceptors (Lipinski definition) is 3. The van der Waals surface area contributed by atoms with E-state index in [9.17, 15) is 4.79 Å². The van der Waals surface area contributed by atoms with E-state index in [0.29, 0.717) is 11.9 Å². The lowest BCUT2D eigenvalue weighted by atomic mass is 9.95. The second-order valence-corrected chi connectivity index (χ2v) is 7.52. The van der Waals surface area contributed by atoms with E-state index in [2.05, 4.69) is 57.6 Å². The molecule has 1 amide bonds. The Kier molecular flexibility index (Phi) is 5.95. The van der Waals surface area contributed by atoms with Gasteiger partial charge in [-0.25, -0.2) is 0 Å². The number of aromatic nitrogens is 1. The van der Waals surface area contributed by atoms with Gasteiger partial charge in [0.1, 0.15) is 0 Å². The van der Waals surface area contributed by atoms with E-state index in [1.54, 1.807) is 0 Å². The van der Waals surface area contributed by atoms with Gasteiger partial charge in [0, 0.05) is 64.2 Å². The zero-order chi connectivity index (χ0) is 16.9. The lowest BCUT2D eigenvalue weighted by molar-refractivity contribution is -0.139. The summed E-state index contributed by atoms with van der Waals surface area (Å²) in [5, 5.41) is 0. The van der Waals surface area contributed by atoms with Crippen LogP contribution in [-0.2, 0) is 11.3 Å². The van der Waals surface area contributed by atoms with Crippen molar-refractivity contribution in [3.8, 4) is 0 Å². The van der Waals surface area contributed by atoms with Crippen molar-refractivity contribution >= 4 is 5.91 Å². The Balaban J connectivity index is 1.43. The molecule has 0 saturated carbocycles. The lowest BCUT2D eigenvalue weighted by Gasteiger charge is -2.40. The zero-order valence-electron chi connectivity index (χ0n) is 15.2. The SMILES string of the molecule is CC(C)N1CCCC(C(=O)N2CCN(CCn3cccc3)CC2)C1. The molecule has 0 aromatic carbocycles. The molecule has 2 aliphatic rings. The molecule has 1 aromatic heterocycles. The number of piperazine rings is 1. The Morgan fingerprint density at radius 2 is 1.75 bits per heavy atom. The van der Waals surface area contributed by atoms with Crippen molar-refractivity contribution in [3.05, 3.63) is 24.5 Å². The van der Waals surface area contributed by atoms with Gasteiger partial charge in [-0.3, -0.25) is 9.69 Å². The molecule has 0 aliphatic carbocycles. The molecule has 0 bridgehead atoms. The minimum atomic E-state index is 0.215. The van der Waals surface area contributed by atoms with Crippen molar-refractivity contribution in [1.82, 2.24) is 19.3 Å². The van der Waals surface area contributed by atoms with E-state index in [4.69, 9.17) is 0 Å². The molecular formula is C19H32N4O. The minimum Gasteiger partial charge on any atom is -0.353 e. The van der Waals surface area contributed by atoms with E-state index in [-0.39, 0.29) is 5.92 Å². The Morgan fingerprint density at radius 1 is 1.04 bits per heavy atom. The molecule has 0 spiro atoms. The summed E-state index contributed by atoms with van der Waals surface area (Å²) in [5.41, 5.74) is 0. The Labute approximate surface area is 146 Å². The first kappa shape index (κ1) is 17.5. The number of rotatable bonds is 5. The molecule has 0 radical (unpaired) electrons. The highest BCUT2D eigenvalue weighted by Crippen LogP contribution is 2.21. The second kappa shape index (κ2) is 8.17. The molecule has 1 unspecified atom stereocenters. The fraction of sp³-hybridized carbons (Fsp3) is 0.737. The molecule has 24 heavy (non-hydrogen) atoms. The van der Waals surface area contributed by atoms with Crippen LogP contribution in [0.2, 0.25) is 0 Å². The van der Waals surface area contributed by atoms with E-state index in [1.165, 1.54) is 0 Å². The van der Waals surface area contributed by atoms with Crippen LogP contribution in [0.15, 0.2) is 24.5 Å². The average Bonchev–Trinajstić information content (AvgIpc) is 3.13. The van der Waals surface area contributed by atoms with Crippen LogP contribution in [0.3, 0.4) is 0 Å². The fourth-order valence-electron chi connectivity index (χ4n) is 3.90. The number of amides is 1. The fourth-order valence-corrected chi connectivity index (χ4v) is 3.90. The Bertz CT molecular complexity index is 505. The number of piperidine rings is 1. The smallest absolute Gasteiger partial charge is 0.227 e. The summed E-state index contributed by atoms with van der Waals surface area (Å²) in [6.45, 7) is 12.5. The van der Waals surface area contributed by atoms with Gasteiger partial charge >= 0.3 is 0 Å². The summed E-state index contributed by atoms with van der Waals surface area (Å²) < 4.78 is 2.22. The van der Waals surface area contributed by atoms with Crippen LogP contribution in [0.25, 0.3) is 0 Å². The molecule has 0 N–H and O–H groups in total. The number of carbonyl (C=O) groups is 1. The van der Waals surface area contributed by atoms with Gasteiger partial charge in [0.25, 0.3) is 0 Å². The van der Waals surface area contributed by atoms with Gasteiger partial charge < -0.3 is 14.4 Å². The summed E-state index contributed by atoms with van der Waals surface area (Å²) in [6.07, 6.45) is 6.45. The maximum atomic E-state index is 12.8. The highest BCUT2D eigenvalue weighted by Gasteiger charge is 2.31. The van der Waals surface area contributed by atoms with Crippen molar-refractivity contribution in [2.75, 3.05) is 45.8 Å². The molecule has 1 atom stereocenters. The first-order chi connectivity index (χ1) is 11.6. The van der Waals surface area contributed by atoms with Gasteiger partial charge in [0.05, 0.1) is 5.92 Å². The van der Waals surface area contributed by atoms with Gasteiger partial charge in [0.2, 0.25) is 5.91 Å². The molecular weight excluding hydrogens is 300 g/mol. The van der Waals surface area contributed by atoms with Gasteiger partial charge in [-0.05, 0) is 45.4 Å². The summed E-state index contributed by atoms with van der Waals surface area (Å²) in [6, 6.07) is 4.69. The van der Waals surface area contributed by atoms with Gasteiger partial charge in [-0.15, -0.1) is 0 Å². The highest BCUT2D eigenvalue weighted by atomic mass is 16.2. The highest BCUT2D eigenvalue weighted by molar-refractivity contribution is 5.79. The topological polar surface area (TPSA) is 31.7 Å². The van der Waals surface area contributed by atoms with E-state index in [0.717, 1.165) is 65.2 Å². The molecule has 2 fully saturated rings. The molecule has 3 rings (SSSR count). The molecule has 3 heterocycles. The third-order valence-electron chi connectivity index (χ3n) is 5.56. The molecule has 5 nitrogen and oxygen atoms in total. The van der Waals surface area contributed by atoms with E-state index >= 15 is 0 Å². The van der Waals surface area contributed by atoms with E-state index < -0.39 is 0 Å². The molecule has 1 aromatic rings. The first-order valence-electron chi connectivity index (χ1n) is 9.49. The van der Waals surface area contributed by atoms with Crippen LogP contribution in [0.5, 0.6) is 0 Å². The largest absolute Gasteiger partial charge is 0.353 e. The Morgan fingerprint density at radius 3 is 2.42 bits per heavy atom. The lowest BCUT2D eigenvalue weighted by Crippen LogP contribution is -2.53. The van der Waals surface area contributed by atoms with Crippen LogP contribution in [-0.4, -0.2) is 77.0 Å². The van der Waals surface area contributed by atoms with Crippen molar-refractivity contribution in [2.45, 2.75) is 39.3 Å². The summed E-state index contributed by atoms with van der Waals surface area (Å²) in [5.74, 6) is 0.609. The number of carbonyl (C=O) groups excluding carboxylic acids is 1. The molecule has 2 saturated heterocycles. The third-order valence-corrected chi connectivity index (χ3v) is 5.56. The van der Waals surface area contributed by atoms with Crippen molar-refractivity contribution in [2.24, 2.45) is 5.92 Å². The van der Waals surface area contributed by atoms with Crippen LogP contribution < -0.4 is 0 Å². The molecule has 134 valence electrons. The van der Waals surface area contributed by atoms with Crippen molar-refractivity contribution in [1.29, 1.82) is 0 Å².